The van der Waals surface area contributed by atoms with Crippen LogP contribution >= 0.6 is 23.4 Å². The molecule has 0 spiro atoms. The summed E-state index contributed by atoms with van der Waals surface area (Å²) in [5.74, 6) is 1.24. The van der Waals surface area contributed by atoms with E-state index in [-0.39, 0.29) is 17.2 Å². The maximum Gasteiger partial charge on any atom is 0.274 e. The maximum absolute atomic E-state index is 12.8. The SMILES string of the molecule is CCCc1noc(C2=C(C)CS[C@@H]3[C@H](NC(=O)c4ccc(Cl)cc4)C(=O)N23)n1. The molecule has 1 N–H and O–H groups in total. The molecule has 1 fully saturated rings. The summed E-state index contributed by atoms with van der Waals surface area (Å²) in [5.41, 5.74) is 2.13. The van der Waals surface area contributed by atoms with Gasteiger partial charge in [0.2, 0.25) is 0 Å². The Labute approximate surface area is 171 Å². The number of nitrogens with zero attached hydrogens (tertiary/aromatic N) is 3. The molecule has 2 aliphatic rings. The molecule has 2 atom stereocenters. The first-order valence-electron chi connectivity index (χ1n) is 9.03. The molecule has 7 nitrogen and oxygen atoms in total. The number of aromatic nitrogens is 2. The van der Waals surface area contributed by atoms with Gasteiger partial charge in [-0.15, -0.1) is 11.8 Å². The van der Waals surface area contributed by atoms with E-state index < -0.39 is 6.04 Å². The Hall–Kier alpha value is -2.32. The number of halogens is 1. The molecule has 3 heterocycles. The van der Waals surface area contributed by atoms with Crippen molar-refractivity contribution in [1.82, 2.24) is 20.4 Å². The Morgan fingerprint density at radius 2 is 2.14 bits per heavy atom. The van der Waals surface area contributed by atoms with E-state index in [1.165, 1.54) is 0 Å². The molecule has 9 heteroatoms. The number of hydrogen-bond acceptors (Lipinski definition) is 6. The molecular weight excluding hydrogens is 400 g/mol. The van der Waals surface area contributed by atoms with Crippen molar-refractivity contribution in [3.05, 3.63) is 52.1 Å². The van der Waals surface area contributed by atoms with Gasteiger partial charge in [-0.3, -0.25) is 14.5 Å². The highest BCUT2D eigenvalue weighted by molar-refractivity contribution is 8.00. The van der Waals surface area contributed by atoms with Crippen LogP contribution < -0.4 is 5.32 Å². The van der Waals surface area contributed by atoms with Gasteiger partial charge in [-0.1, -0.05) is 23.7 Å². The van der Waals surface area contributed by atoms with Gasteiger partial charge in [0.25, 0.3) is 17.7 Å². The van der Waals surface area contributed by atoms with Crippen LogP contribution in [0.3, 0.4) is 0 Å². The lowest BCUT2D eigenvalue weighted by Gasteiger charge is -2.49. The van der Waals surface area contributed by atoms with Crippen molar-refractivity contribution in [2.45, 2.75) is 38.1 Å². The van der Waals surface area contributed by atoms with Crippen LogP contribution in [-0.4, -0.2) is 44.0 Å². The number of fused-ring (bicyclic) bond motifs is 1. The second-order valence-electron chi connectivity index (χ2n) is 6.76. The molecule has 0 bridgehead atoms. The minimum Gasteiger partial charge on any atom is -0.338 e. The summed E-state index contributed by atoms with van der Waals surface area (Å²) in [5, 5.41) is 7.19. The third-order valence-electron chi connectivity index (χ3n) is 4.70. The van der Waals surface area contributed by atoms with Crippen molar-refractivity contribution < 1.29 is 14.1 Å². The van der Waals surface area contributed by atoms with Crippen molar-refractivity contribution in [2.75, 3.05) is 5.75 Å². The van der Waals surface area contributed by atoms with Gasteiger partial charge in [0.15, 0.2) is 5.82 Å². The van der Waals surface area contributed by atoms with Crippen LogP contribution in [0.1, 0.15) is 42.3 Å². The third-order valence-corrected chi connectivity index (χ3v) is 6.37. The number of aryl methyl sites for hydroxylation is 1. The van der Waals surface area contributed by atoms with E-state index >= 15 is 0 Å². The van der Waals surface area contributed by atoms with Gasteiger partial charge in [-0.05, 0) is 43.2 Å². The summed E-state index contributed by atoms with van der Waals surface area (Å²) < 4.78 is 5.40. The molecule has 2 aromatic rings. The van der Waals surface area contributed by atoms with Crippen LogP contribution in [0.25, 0.3) is 5.70 Å². The highest BCUT2D eigenvalue weighted by atomic mass is 35.5. The van der Waals surface area contributed by atoms with Gasteiger partial charge in [-0.25, -0.2) is 0 Å². The normalized spacial score (nSPS) is 21.4. The molecule has 0 aliphatic carbocycles. The molecular formula is C19H19ClN4O3S. The maximum atomic E-state index is 12.8. The second-order valence-corrected chi connectivity index (χ2v) is 8.30. The van der Waals surface area contributed by atoms with Gasteiger partial charge in [-0.2, -0.15) is 4.98 Å². The Morgan fingerprint density at radius 1 is 1.39 bits per heavy atom. The van der Waals surface area contributed by atoms with Crippen LogP contribution in [-0.2, 0) is 11.2 Å². The van der Waals surface area contributed by atoms with Gasteiger partial charge in [0.05, 0.1) is 0 Å². The molecule has 0 radical (unpaired) electrons. The van der Waals surface area contributed by atoms with E-state index in [1.54, 1.807) is 40.9 Å². The van der Waals surface area contributed by atoms with Crippen molar-refractivity contribution in [1.29, 1.82) is 0 Å². The Morgan fingerprint density at radius 3 is 2.86 bits per heavy atom. The minimum absolute atomic E-state index is 0.177. The van der Waals surface area contributed by atoms with Crippen LogP contribution in [0.2, 0.25) is 5.02 Å². The number of rotatable bonds is 5. The quantitative estimate of drug-likeness (QED) is 0.750. The van der Waals surface area contributed by atoms with E-state index in [4.69, 9.17) is 16.1 Å². The zero-order valence-electron chi connectivity index (χ0n) is 15.4. The topological polar surface area (TPSA) is 88.3 Å². The highest BCUT2D eigenvalue weighted by Gasteiger charge is 2.53. The van der Waals surface area contributed by atoms with E-state index in [0.717, 1.165) is 24.2 Å². The number of benzene rings is 1. The van der Waals surface area contributed by atoms with Crippen LogP contribution in [0.15, 0.2) is 34.4 Å². The molecule has 146 valence electrons. The first-order chi connectivity index (χ1) is 13.5. The van der Waals surface area contributed by atoms with Crippen molar-refractivity contribution in [3.8, 4) is 0 Å². The third kappa shape index (κ3) is 3.31. The van der Waals surface area contributed by atoms with E-state index in [0.29, 0.717) is 28.0 Å². The lowest BCUT2D eigenvalue weighted by molar-refractivity contribution is -0.140. The van der Waals surface area contributed by atoms with Crippen molar-refractivity contribution >= 4 is 40.9 Å². The first kappa shape index (κ1) is 19.0. The largest absolute Gasteiger partial charge is 0.338 e. The summed E-state index contributed by atoms with van der Waals surface area (Å²) >= 11 is 7.47. The molecule has 0 saturated carbocycles. The number of nitrogens with one attached hydrogen (secondary N) is 1. The van der Waals surface area contributed by atoms with Crippen molar-refractivity contribution in [2.24, 2.45) is 0 Å². The molecule has 28 heavy (non-hydrogen) atoms. The Bertz CT molecular complexity index is 956. The molecule has 1 aromatic carbocycles. The number of carbonyl (C=O) groups is 2. The van der Waals surface area contributed by atoms with Crippen molar-refractivity contribution in [3.63, 3.8) is 0 Å². The Kier molecular flexibility index (Phi) is 5.16. The number of carbonyl (C=O) groups excluding carboxylic acids is 2. The van der Waals surface area contributed by atoms with Gasteiger partial charge < -0.3 is 9.84 Å². The highest BCUT2D eigenvalue weighted by Crippen LogP contribution is 2.43. The smallest absolute Gasteiger partial charge is 0.274 e. The molecule has 4 rings (SSSR count). The van der Waals surface area contributed by atoms with Crippen LogP contribution in [0.5, 0.6) is 0 Å². The standard InChI is InChI=1S/C19H19ClN4O3S/c1-3-4-13-21-17(27-23-13)15-10(2)9-28-19-14(18(26)24(15)19)22-16(25)11-5-7-12(20)8-6-11/h5-8,14,19H,3-4,9H2,1-2H3,(H,22,25)/t14-,19-/m1/s1. The summed E-state index contributed by atoms with van der Waals surface area (Å²) in [6.07, 6.45) is 1.64. The predicted molar refractivity (Wildman–Crippen MR) is 107 cm³/mol. The minimum atomic E-state index is -0.589. The lowest BCUT2D eigenvalue weighted by Crippen LogP contribution is -2.69. The monoisotopic (exact) mass is 418 g/mol. The Balaban J connectivity index is 1.52. The fourth-order valence-corrected chi connectivity index (χ4v) is 4.70. The summed E-state index contributed by atoms with van der Waals surface area (Å²) in [4.78, 5) is 31.4. The van der Waals surface area contributed by atoms with E-state index in [2.05, 4.69) is 15.5 Å². The van der Waals surface area contributed by atoms with Gasteiger partial charge in [0, 0.05) is 22.8 Å². The number of thioether (sulfide) groups is 1. The zero-order chi connectivity index (χ0) is 19.8. The van der Waals surface area contributed by atoms with Gasteiger partial charge in [0.1, 0.15) is 17.1 Å². The van der Waals surface area contributed by atoms with Crippen LogP contribution in [0, 0.1) is 0 Å². The molecule has 0 unspecified atom stereocenters. The molecule has 2 amide bonds. The first-order valence-corrected chi connectivity index (χ1v) is 10.5. The van der Waals surface area contributed by atoms with E-state index in [9.17, 15) is 9.59 Å². The summed E-state index contributed by atoms with van der Waals surface area (Å²) in [6.45, 7) is 4.00. The number of amides is 2. The number of hydrogen-bond donors (Lipinski definition) is 1. The zero-order valence-corrected chi connectivity index (χ0v) is 17.0. The number of β-lactam (4-membered cyclic amide) rings is 1. The predicted octanol–water partition coefficient (Wildman–Crippen LogP) is 3.12. The fourth-order valence-electron chi connectivity index (χ4n) is 3.28. The average Bonchev–Trinajstić information content (AvgIpc) is 3.14. The molecule has 1 aromatic heterocycles. The van der Waals surface area contributed by atoms with E-state index in [1.807, 2.05) is 13.8 Å². The summed E-state index contributed by atoms with van der Waals surface area (Å²) in [6, 6.07) is 5.98. The van der Waals surface area contributed by atoms with Gasteiger partial charge >= 0.3 is 0 Å². The molecule has 1 saturated heterocycles. The van der Waals surface area contributed by atoms with Crippen LogP contribution in [0.4, 0.5) is 0 Å². The lowest BCUT2D eigenvalue weighted by atomic mass is 10.0. The average molecular weight is 419 g/mol. The summed E-state index contributed by atoms with van der Waals surface area (Å²) in [7, 11) is 0. The fraction of sp³-hybridized carbons (Fsp3) is 0.368. The molecule has 2 aliphatic heterocycles. The second kappa shape index (κ2) is 7.60.